The highest BCUT2D eigenvalue weighted by Crippen LogP contribution is 2.43. The number of benzene rings is 4. The maximum absolute atomic E-state index is 13.6. The molecule has 1 heterocycles. The minimum Gasteiger partial charge on any atom is -0.507 e. The quantitative estimate of drug-likeness (QED) is 0.121. The number of hydrogen-bond donors (Lipinski definition) is 1. The van der Waals surface area contributed by atoms with Crippen molar-refractivity contribution < 1.29 is 33.7 Å². The van der Waals surface area contributed by atoms with Gasteiger partial charge in [0.15, 0.2) is 0 Å². The van der Waals surface area contributed by atoms with E-state index in [1.165, 1.54) is 25.2 Å². The first-order valence-electron chi connectivity index (χ1n) is 13.2. The zero-order valence-electron chi connectivity index (χ0n) is 23.4. The van der Waals surface area contributed by atoms with Crippen LogP contribution in [0.2, 0.25) is 0 Å². The number of aryl methyl sites for hydroxylation is 1. The van der Waals surface area contributed by atoms with Gasteiger partial charge in [0.05, 0.1) is 31.4 Å². The molecule has 8 nitrogen and oxygen atoms in total. The smallest absolute Gasteiger partial charge is 0.337 e. The van der Waals surface area contributed by atoms with Gasteiger partial charge < -0.3 is 19.3 Å². The number of aliphatic hydroxyl groups excluding tert-OH is 1. The van der Waals surface area contributed by atoms with Gasteiger partial charge in [0.1, 0.15) is 23.9 Å². The van der Waals surface area contributed by atoms with Crippen LogP contribution < -0.4 is 14.4 Å². The number of esters is 1. The highest BCUT2D eigenvalue weighted by molar-refractivity contribution is 6.51. The lowest BCUT2D eigenvalue weighted by molar-refractivity contribution is -0.132. The van der Waals surface area contributed by atoms with E-state index in [1.807, 2.05) is 37.3 Å². The van der Waals surface area contributed by atoms with Crippen LogP contribution in [-0.2, 0) is 20.9 Å². The molecule has 0 spiro atoms. The molecule has 4 aromatic carbocycles. The molecular weight excluding hydrogens is 534 g/mol. The van der Waals surface area contributed by atoms with E-state index >= 15 is 0 Å². The van der Waals surface area contributed by atoms with Crippen molar-refractivity contribution in [2.45, 2.75) is 19.6 Å². The van der Waals surface area contributed by atoms with Gasteiger partial charge >= 0.3 is 5.97 Å². The van der Waals surface area contributed by atoms with Crippen molar-refractivity contribution in [3.63, 3.8) is 0 Å². The van der Waals surface area contributed by atoms with Crippen LogP contribution in [-0.4, -0.2) is 37.0 Å². The van der Waals surface area contributed by atoms with E-state index in [4.69, 9.17) is 14.2 Å². The molecule has 1 aliphatic heterocycles. The van der Waals surface area contributed by atoms with Crippen molar-refractivity contribution in [3.05, 3.63) is 130 Å². The fourth-order valence-corrected chi connectivity index (χ4v) is 4.98. The second-order valence-corrected chi connectivity index (χ2v) is 9.74. The van der Waals surface area contributed by atoms with Gasteiger partial charge in [-0.15, -0.1) is 0 Å². The Labute approximate surface area is 243 Å². The molecule has 212 valence electrons. The molecule has 8 heteroatoms. The van der Waals surface area contributed by atoms with E-state index in [0.717, 1.165) is 11.1 Å². The molecule has 1 atom stereocenters. The molecule has 0 bridgehead atoms. The molecular formula is C34H29NO7. The average molecular weight is 564 g/mol. The predicted molar refractivity (Wildman–Crippen MR) is 158 cm³/mol. The Kier molecular flexibility index (Phi) is 8.06. The maximum Gasteiger partial charge on any atom is 0.337 e. The zero-order valence-corrected chi connectivity index (χ0v) is 23.4. The number of carbonyl (C=O) groups excluding carboxylic acids is 3. The summed E-state index contributed by atoms with van der Waals surface area (Å²) in [4.78, 5) is 40.6. The lowest BCUT2D eigenvalue weighted by atomic mass is 9.94. The number of ketones is 1. The van der Waals surface area contributed by atoms with Crippen molar-refractivity contribution in [3.8, 4) is 11.5 Å². The Balaban J connectivity index is 1.59. The van der Waals surface area contributed by atoms with Crippen LogP contribution in [0.15, 0.2) is 103 Å². The number of anilines is 1. The van der Waals surface area contributed by atoms with Crippen LogP contribution in [0.1, 0.15) is 38.7 Å². The molecule has 42 heavy (non-hydrogen) atoms. The highest BCUT2D eigenvalue weighted by Gasteiger charge is 2.47. The first kappa shape index (κ1) is 28.2. The number of nitrogens with zero attached hydrogens (tertiary/aromatic N) is 1. The summed E-state index contributed by atoms with van der Waals surface area (Å²) in [6.45, 7) is 2.21. The lowest BCUT2D eigenvalue weighted by Gasteiger charge is -2.26. The molecule has 1 unspecified atom stereocenters. The van der Waals surface area contributed by atoms with Crippen molar-refractivity contribution in [1.29, 1.82) is 0 Å². The van der Waals surface area contributed by atoms with E-state index < -0.39 is 23.7 Å². The Morgan fingerprint density at radius 1 is 0.857 bits per heavy atom. The van der Waals surface area contributed by atoms with Crippen molar-refractivity contribution in [1.82, 2.24) is 0 Å². The number of amides is 1. The summed E-state index contributed by atoms with van der Waals surface area (Å²) in [6, 6.07) is 27.0. The van der Waals surface area contributed by atoms with Gasteiger partial charge in [-0.1, -0.05) is 48.5 Å². The monoisotopic (exact) mass is 563 g/mol. The van der Waals surface area contributed by atoms with Crippen LogP contribution in [0.5, 0.6) is 11.5 Å². The van der Waals surface area contributed by atoms with E-state index in [2.05, 4.69) is 0 Å². The number of rotatable bonds is 8. The van der Waals surface area contributed by atoms with E-state index in [0.29, 0.717) is 34.9 Å². The number of aliphatic hydroxyl groups is 1. The number of hydrogen-bond acceptors (Lipinski definition) is 7. The molecule has 4 aromatic rings. The van der Waals surface area contributed by atoms with E-state index in [1.54, 1.807) is 60.7 Å². The maximum atomic E-state index is 13.6. The fraction of sp³-hybridized carbons (Fsp3) is 0.147. The van der Waals surface area contributed by atoms with Crippen LogP contribution in [0.3, 0.4) is 0 Å². The third-order valence-corrected chi connectivity index (χ3v) is 7.08. The van der Waals surface area contributed by atoms with Crippen LogP contribution in [0, 0.1) is 6.92 Å². The van der Waals surface area contributed by atoms with Crippen LogP contribution in [0.4, 0.5) is 5.69 Å². The zero-order chi connectivity index (χ0) is 29.8. The van der Waals surface area contributed by atoms with Crippen LogP contribution in [0.25, 0.3) is 5.76 Å². The van der Waals surface area contributed by atoms with Gasteiger partial charge in [0.25, 0.3) is 11.7 Å². The molecule has 1 amide bonds. The molecule has 0 radical (unpaired) electrons. The van der Waals surface area contributed by atoms with Gasteiger partial charge in [-0.05, 0) is 72.1 Å². The molecule has 0 saturated carbocycles. The summed E-state index contributed by atoms with van der Waals surface area (Å²) < 4.78 is 16.2. The van der Waals surface area contributed by atoms with Gasteiger partial charge in [0.2, 0.25) is 0 Å². The summed E-state index contributed by atoms with van der Waals surface area (Å²) in [5, 5.41) is 11.6. The van der Waals surface area contributed by atoms with Crippen molar-refractivity contribution >= 4 is 29.1 Å². The normalized spacial score (nSPS) is 15.9. The minimum absolute atomic E-state index is 0.0888. The molecule has 1 aliphatic rings. The SMILES string of the molecule is COC(=O)c1cccc(N2C(=O)C(=O)/C(=C(/O)c3ccc(OCc4ccccc4)c(C)c3)C2c2cccc(OC)c2)c1. The Morgan fingerprint density at radius 3 is 2.33 bits per heavy atom. The first-order chi connectivity index (χ1) is 20.3. The summed E-state index contributed by atoms with van der Waals surface area (Å²) in [5.41, 5.74) is 3.07. The van der Waals surface area contributed by atoms with Gasteiger partial charge in [0, 0.05) is 11.3 Å². The Hall–Kier alpha value is -5.37. The minimum atomic E-state index is -0.998. The molecule has 1 fully saturated rings. The molecule has 0 aliphatic carbocycles. The molecule has 5 rings (SSSR count). The Bertz CT molecular complexity index is 1690. The number of methoxy groups -OCH3 is 2. The number of ether oxygens (including phenoxy) is 3. The molecule has 1 saturated heterocycles. The number of carbonyl (C=O) groups is 3. The standard InChI is InChI=1S/C34H29NO7/c1-21-17-24(15-16-28(21)42-20-22-9-5-4-6-10-22)31(36)29-30(23-11-8-14-27(19-23)40-2)35(33(38)32(29)37)26-13-7-12-25(18-26)34(39)41-3/h4-19,30,36H,20H2,1-3H3/b31-29+. The largest absolute Gasteiger partial charge is 0.507 e. The summed E-state index contributed by atoms with van der Waals surface area (Å²) in [6.07, 6.45) is 0. The van der Waals surface area contributed by atoms with Gasteiger partial charge in [-0.25, -0.2) is 4.79 Å². The van der Waals surface area contributed by atoms with Gasteiger partial charge in [-0.2, -0.15) is 0 Å². The second-order valence-electron chi connectivity index (χ2n) is 9.74. The average Bonchev–Trinajstić information content (AvgIpc) is 3.29. The lowest BCUT2D eigenvalue weighted by Crippen LogP contribution is -2.29. The molecule has 0 aromatic heterocycles. The molecule has 1 N–H and O–H groups in total. The summed E-state index contributed by atoms with van der Waals surface area (Å²) in [5.74, 6) is -1.48. The summed E-state index contributed by atoms with van der Waals surface area (Å²) in [7, 11) is 2.78. The predicted octanol–water partition coefficient (Wildman–Crippen LogP) is 6.00. The fourth-order valence-electron chi connectivity index (χ4n) is 4.98. The highest BCUT2D eigenvalue weighted by atomic mass is 16.5. The Morgan fingerprint density at radius 2 is 1.62 bits per heavy atom. The van der Waals surface area contributed by atoms with Crippen molar-refractivity contribution in [2.75, 3.05) is 19.1 Å². The van der Waals surface area contributed by atoms with E-state index in [-0.39, 0.29) is 16.9 Å². The van der Waals surface area contributed by atoms with Crippen LogP contribution >= 0.6 is 0 Å². The first-order valence-corrected chi connectivity index (χ1v) is 13.2. The van der Waals surface area contributed by atoms with E-state index in [9.17, 15) is 19.5 Å². The third-order valence-electron chi connectivity index (χ3n) is 7.08. The third kappa shape index (κ3) is 5.47. The van der Waals surface area contributed by atoms with Crippen molar-refractivity contribution in [2.24, 2.45) is 0 Å². The summed E-state index contributed by atoms with van der Waals surface area (Å²) >= 11 is 0. The second kappa shape index (κ2) is 12.0. The topological polar surface area (TPSA) is 102 Å². The van der Waals surface area contributed by atoms with Gasteiger partial charge in [-0.3, -0.25) is 14.5 Å². The number of Topliss-reactive ketones (excluding diaryl/α,β-unsaturated/α-hetero) is 1.